The fourth-order valence-corrected chi connectivity index (χ4v) is 3.12. The maximum atomic E-state index is 13.5. The molecule has 0 spiro atoms. The number of nitrogens with zero attached hydrogens (tertiary/aromatic N) is 1. The molecule has 1 amide bonds. The fourth-order valence-electron chi connectivity index (χ4n) is 3.12. The van der Waals surface area contributed by atoms with Crippen molar-refractivity contribution in [3.8, 4) is 0 Å². The van der Waals surface area contributed by atoms with E-state index in [1.807, 2.05) is 13.8 Å². The van der Waals surface area contributed by atoms with E-state index in [4.69, 9.17) is 0 Å². The molecule has 2 atom stereocenters. The third kappa shape index (κ3) is 2.73. The molecule has 118 valence electrons. The van der Waals surface area contributed by atoms with Crippen LogP contribution in [0.25, 0.3) is 10.9 Å². The van der Waals surface area contributed by atoms with Crippen LogP contribution in [0.3, 0.4) is 0 Å². The summed E-state index contributed by atoms with van der Waals surface area (Å²) < 4.78 is 13.5. The summed E-state index contributed by atoms with van der Waals surface area (Å²) in [5, 5.41) is 10.7. The first-order chi connectivity index (χ1) is 10.5. The standard InChI is InChI=1S/C17H21FN2O2/c1-10-5-6-20(9-16(10)21)17(22)8-13-11(2)19-15-4-3-12(18)7-14(13)15/h3-4,7,10,16,19,21H,5-6,8-9H2,1-2H3. The van der Waals surface area contributed by atoms with Crippen LogP contribution in [0.4, 0.5) is 4.39 Å². The second kappa shape index (κ2) is 5.72. The van der Waals surface area contributed by atoms with E-state index >= 15 is 0 Å². The van der Waals surface area contributed by atoms with Crippen LogP contribution in [0.2, 0.25) is 0 Å². The molecule has 5 heteroatoms. The van der Waals surface area contributed by atoms with Crippen molar-refractivity contribution < 1.29 is 14.3 Å². The number of halogens is 1. The Hall–Kier alpha value is -1.88. The second-order valence-electron chi connectivity index (χ2n) is 6.27. The van der Waals surface area contributed by atoms with Crippen molar-refractivity contribution in [3.63, 3.8) is 0 Å². The molecule has 0 bridgehead atoms. The number of aryl methyl sites for hydroxylation is 1. The first kappa shape index (κ1) is 15.0. The molecule has 0 saturated carbocycles. The molecule has 1 saturated heterocycles. The lowest BCUT2D eigenvalue weighted by molar-refractivity contribution is -0.134. The summed E-state index contributed by atoms with van der Waals surface area (Å²) in [5.74, 6) is -0.0883. The van der Waals surface area contributed by atoms with Crippen LogP contribution < -0.4 is 0 Å². The van der Waals surface area contributed by atoms with Gasteiger partial charge in [-0.1, -0.05) is 6.92 Å². The number of rotatable bonds is 2. The predicted octanol–water partition coefficient (Wildman–Crippen LogP) is 2.39. The van der Waals surface area contributed by atoms with Crippen LogP contribution in [-0.4, -0.2) is 40.1 Å². The van der Waals surface area contributed by atoms with E-state index in [2.05, 4.69) is 4.98 Å². The van der Waals surface area contributed by atoms with Gasteiger partial charge in [0.05, 0.1) is 12.5 Å². The Morgan fingerprint density at radius 1 is 1.50 bits per heavy atom. The highest BCUT2D eigenvalue weighted by atomic mass is 19.1. The second-order valence-corrected chi connectivity index (χ2v) is 6.27. The number of aliphatic hydroxyl groups excluding tert-OH is 1. The van der Waals surface area contributed by atoms with Gasteiger partial charge >= 0.3 is 0 Å². The van der Waals surface area contributed by atoms with Gasteiger partial charge in [0, 0.05) is 29.7 Å². The Labute approximate surface area is 128 Å². The van der Waals surface area contributed by atoms with Crippen LogP contribution >= 0.6 is 0 Å². The van der Waals surface area contributed by atoms with Gasteiger partial charge in [0.15, 0.2) is 0 Å². The molecule has 1 aliphatic heterocycles. The number of nitrogens with one attached hydrogen (secondary N) is 1. The summed E-state index contributed by atoms with van der Waals surface area (Å²) in [7, 11) is 0. The Kier molecular flexibility index (Phi) is 3.91. The molecule has 4 nitrogen and oxygen atoms in total. The fraction of sp³-hybridized carbons (Fsp3) is 0.471. The number of benzene rings is 1. The molecule has 22 heavy (non-hydrogen) atoms. The number of piperidine rings is 1. The average molecular weight is 304 g/mol. The van der Waals surface area contributed by atoms with Crippen molar-refractivity contribution in [2.24, 2.45) is 5.92 Å². The summed E-state index contributed by atoms with van der Waals surface area (Å²) in [5.41, 5.74) is 2.57. The van der Waals surface area contributed by atoms with Gasteiger partial charge < -0.3 is 15.0 Å². The molecule has 1 fully saturated rings. The lowest BCUT2D eigenvalue weighted by Gasteiger charge is -2.34. The lowest BCUT2D eigenvalue weighted by atomic mass is 9.95. The minimum absolute atomic E-state index is 0.0146. The van der Waals surface area contributed by atoms with E-state index in [0.717, 1.165) is 28.6 Å². The molecule has 2 aromatic rings. The molecule has 0 aliphatic carbocycles. The minimum Gasteiger partial charge on any atom is -0.391 e. The van der Waals surface area contributed by atoms with Gasteiger partial charge in [0.25, 0.3) is 0 Å². The molecule has 1 aromatic carbocycles. The summed E-state index contributed by atoms with van der Waals surface area (Å²) in [6, 6.07) is 4.57. The quantitative estimate of drug-likeness (QED) is 0.895. The zero-order valence-electron chi connectivity index (χ0n) is 12.9. The molecule has 2 heterocycles. The van der Waals surface area contributed by atoms with E-state index in [1.54, 1.807) is 11.0 Å². The highest BCUT2D eigenvalue weighted by Crippen LogP contribution is 2.25. The molecular weight excluding hydrogens is 283 g/mol. The third-order valence-corrected chi connectivity index (χ3v) is 4.68. The van der Waals surface area contributed by atoms with E-state index in [-0.39, 0.29) is 24.1 Å². The van der Waals surface area contributed by atoms with Crippen molar-refractivity contribution in [3.05, 3.63) is 35.3 Å². The van der Waals surface area contributed by atoms with Crippen LogP contribution in [0, 0.1) is 18.7 Å². The predicted molar refractivity (Wildman–Crippen MR) is 83.1 cm³/mol. The number of aromatic nitrogens is 1. The number of hydrogen-bond donors (Lipinski definition) is 2. The van der Waals surface area contributed by atoms with Gasteiger partial charge in [-0.05, 0) is 43.0 Å². The Balaban J connectivity index is 1.82. The maximum Gasteiger partial charge on any atom is 0.227 e. The molecule has 0 radical (unpaired) electrons. The van der Waals surface area contributed by atoms with Crippen LogP contribution in [0.5, 0.6) is 0 Å². The minimum atomic E-state index is -0.459. The van der Waals surface area contributed by atoms with E-state index in [1.165, 1.54) is 12.1 Å². The van der Waals surface area contributed by atoms with Gasteiger partial charge in [-0.3, -0.25) is 4.79 Å². The number of carbonyl (C=O) groups excluding carboxylic acids is 1. The Bertz CT molecular complexity index is 710. The number of fused-ring (bicyclic) bond motifs is 1. The van der Waals surface area contributed by atoms with E-state index < -0.39 is 6.10 Å². The van der Waals surface area contributed by atoms with Crippen molar-refractivity contribution in [2.45, 2.75) is 32.8 Å². The monoisotopic (exact) mass is 304 g/mol. The summed E-state index contributed by atoms with van der Waals surface area (Å²) in [6.07, 6.45) is 0.587. The van der Waals surface area contributed by atoms with Crippen LogP contribution in [0.1, 0.15) is 24.6 Å². The number of hydrogen-bond acceptors (Lipinski definition) is 2. The topological polar surface area (TPSA) is 56.3 Å². The Morgan fingerprint density at radius 2 is 2.27 bits per heavy atom. The molecular formula is C17H21FN2O2. The number of aromatic amines is 1. The number of carbonyl (C=O) groups is 1. The largest absolute Gasteiger partial charge is 0.391 e. The first-order valence-electron chi connectivity index (χ1n) is 7.68. The van der Waals surface area contributed by atoms with Gasteiger partial charge in [0.1, 0.15) is 5.82 Å². The zero-order chi connectivity index (χ0) is 15.9. The third-order valence-electron chi connectivity index (χ3n) is 4.68. The first-order valence-corrected chi connectivity index (χ1v) is 7.68. The summed E-state index contributed by atoms with van der Waals surface area (Å²) in [6.45, 7) is 4.95. The van der Waals surface area contributed by atoms with Crippen LogP contribution in [-0.2, 0) is 11.2 Å². The lowest BCUT2D eigenvalue weighted by Crippen LogP contribution is -2.46. The summed E-state index contributed by atoms with van der Waals surface area (Å²) >= 11 is 0. The van der Waals surface area contributed by atoms with Crippen molar-refractivity contribution >= 4 is 16.8 Å². The SMILES string of the molecule is Cc1[nH]c2ccc(F)cc2c1CC(=O)N1CCC(C)C(O)C1. The maximum absolute atomic E-state index is 13.5. The average Bonchev–Trinajstić information content (AvgIpc) is 2.78. The van der Waals surface area contributed by atoms with Crippen LogP contribution in [0.15, 0.2) is 18.2 Å². The Morgan fingerprint density at radius 3 is 3.00 bits per heavy atom. The molecule has 2 unspecified atom stereocenters. The van der Waals surface area contributed by atoms with Crippen molar-refractivity contribution in [1.82, 2.24) is 9.88 Å². The van der Waals surface area contributed by atoms with Gasteiger partial charge in [-0.25, -0.2) is 4.39 Å². The summed E-state index contributed by atoms with van der Waals surface area (Å²) in [4.78, 5) is 17.4. The van der Waals surface area contributed by atoms with E-state index in [0.29, 0.717) is 13.1 Å². The number of likely N-dealkylation sites (tertiary alicyclic amines) is 1. The highest BCUT2D eigenvalue weighted by Gasteiger charge is 2.27. The number of H-pyrrole nitrogens is 1. The number of β-amino-alcohol motifs (C(OH)–C–C–N with tert-alkyl or cyclic N) is 1. The molecule has 1 aromatic heterocycles. The smallest absolute Gasteiger partial charge is 0.227 e. The van der Waals surface area contributed by atoms with Gasteiger partial charge in [0.2, 0.25) is 5.91 Å². The number of amides is 1. The zero-order valence-corrected chi connectivity index (χ0v) is 12.9. The van der Waals surface area contributed by atoms with E-state index in [9.17, 15) is 14.3 Å². The number of aliphatic hydroxyl groups is 1. The van der Waals surface area contributed by atoms with Gasteiger partial charge in [-0.2, -0.15) is 0 Å². The molecule has 3 rings (SSSR count). The van der Waals surface area contributed by atoms with Gasteiger partial charge in [-0.15, -0.1) is 0 Å². The van der Waals surface area contributed by atoms with Crippen molar-refractivity contribution in [2.75, 3.05) is 13.1 Å². The van der Waals surface area contributed by atoms with Crippen molar-refractivity contribution in [1.29, 1.82) is 0 Å². The highest BCUT2D eigenvalue weighted by molar-refractivity contribution is 5.90. The molecule has 2 N–H and O–H groups in total. The normalized spacial score (nSPS) is 22.3. The molecule has 1 aliphatic rings.